The van der Waals surface area contributed by atoms with Crippen molar-refractivity contribution >= 4 is 17.9 Å². The van der Waals surface area contributed by atoms with Crippen LogP contribution in [0.3, 0.4) is 0 Å². The van der Waals surface area contributed by atoms with E-state index in [1.807, 2.05) is 0 Å². The molecule has 2 unspecified atom stereocenters. The van der Waals surface area contributed by atoms with Crippen molar-refractivity contribution in [3.63, 3.8) is 0 Å². The first-order chi connectivity index (χ1) is 24.6. The van der Waals surface area contributed by atoms with Crippen LogP contribution in [0, 0.1) is 0 Å². The van der Waals surface area contributed by atoms with Gasteiger partial charge in [0.15, 0.2) is 6.10 Å². The van der Waals surface area contributed by atoms with Gasteiger partial charge in [0.1, 0.15) is 12.6 Å². The van der Waals surface area contributed by atoms with Crippen LogP contribution in [0.15, 0.2) is 24.3 Å². The van der Waals surface area contributed by atoms with E-state index in [0.717, 1.165) is 57.8 Å². The summed E-state index contributed by atoms with van der Waals surface area (Å²) in [6, 6.07) is -0.724. The summed E-state index contributed by atoms with van der Waals surface area (Å²) in [5, 5.41) is 11.6. The molecule has 0 aromatic heterocycles. The van der Waals surface area contributed by atoms with E-state index in [1.165, 1.54) is 89.9 Å². The second-order valence-corrected chi connectivity index (χ2v) is 15.3. The predicted molar refractivity (Wildman–Crippen MR) is 208 cm³/mol. The smallest absolute Gasteiger partial charge is 0.306 e. The largest absolute Gasteiger partial charge is 0.544 e. The van der Waals surface area contributed by atoms with Crippen LogP contribution in [0.5, 0.6) is 0 Å². The highest BCUT2D eigenvalue weighted by Gasteiger charge is 2.25. The van der Waals surface area contributed by atoms with Crippen molar-refractivity contribution < 1.29 is 38.2 Å². The zero-order chi connectivity index (χ0) is 37.8. The van der Waals surface area contributed by atoms with E-state index in [4.69, 9.17) is 14.2 Å². The maximum Gasteiger partial charge on any atom is 0.306 e. The normalized spacial score (nSPS) is 13.2. The molecular formula is C43H79NO7. The van der Waals surface area contributed by atoms with E-state index >= 15 is 0 Å². The molecule has 0 aromatic rings. The van der Waals surface area contributed by atoms with Crippen LogP contribution in [-0.2, 0) is 28.6 Å². The van der Waals surface area contributed by atoms with E-state index < -0.39 is 18.1 Å². The Morgan fingerprint density at radius 3 is 1.47 bits per heavy atom. The average molecular weight is 722 g/mol. The van der Waals surface area contributed by atoms with Crippen molar-refractivity contribution in [3.05, 3.63) is 24.3 Å². The van der Waals surface area contributed by atoms with Crippen molar-refractivity contribution in [1.29, 1.82) is 0 Å². The van der Waals surface area contributed by atoms with E-state index in [-0.39, 0.29) is 42.7 Å². The lowest BCUT2D eigenvalue weighted by Crippen LogP contribution is -2.55. The van der Waals surface area contributed by atoms with Gasteiger partial charge in [-0.05, 0) is 38.5 Å². The molecule has 0 amide bonds. The van der Waals surface area contributed by atoms with Crippen molar-refractivity contribution in [1.82, 2.24) is 0 Å². The van der Waals surface area contributed by atoms with Gasteiger partial charge in [-0.25, -0.2) is 0 Å². The Labute approximate surface area is 313 Å². The number of hydrogen-bond acceptors (Lipinski definition) is 7. The molecule has 0 N–H and O–H groups in total. The summed E-state index contributed by atoms with van der Waals surface area (Å²) in [7, 11) is 5.39. The standard InChI is InChI=1S/C43H79NO7/c1-6-8-10-12-14-16-17-18-19-20-21-22-23-24-26-28-30-32-34-42(46)51-39(37-49-36-35-40(43(47)48)44(3,4)5)38-50-41(45)33-31-29-27-25-15-13-11-9-7-2/h19-22,39-40H,6-18,23-38H2,1-5H3/b20-19+,22-21+. The highest BCUT2D eigenvalue weighted by atomic mass is 16.6. The molecule has 0 fully saturated rings. The van der Waals surface area contributed by atoms with Crippen LogP contribution in [0.2, 0.25) is 0 Å². The molecule has 0 aromatic carbocycles. The van der Waals surface area contributed by atoms with Gasteiger partial charge in [-0.2, -0.15) is 0 Å². The van der Waals surface area contributed by atoms with Crippen LogP contribution in [0.4, 0.5) is 0 Å². The van der Waals surface area contributed by atoms with E-state index in [9.17, 15) is 19.5 Å². The minimum Gasteiger partial charge on any atom is -0.544 e. The lowest BCUT2D eigenvalue weighted by molar-refractivity contribution is -0.889. The van der Waals surface area contributed by atoms with Crippen LogP contribution >= 0.6 is 0 Å². The molecule has 8 nitrogen and oxygen atoms in total. The third kappa shape index (κ3) is 33.4. The Morgan fingerprint density at radius 2 is 1.02 bits per heavy atom. The summed E-state index contributed by atoms with van der Waals surface area (Å²) >= 11 is 0. The van der Waals surface area contributed by atoms with Gasteiger partial charge in [-0.3, -0.25) is 9.59 Å². The molecule has 8 heteroatoms. The number of nitrogens with zero attached hydrogens (tertiary/aromatic N) is 1. The summed E-state index contributed by atoms with van der Waals surface area (Å²) in [6.45, 7) is 4.62. The fourth-order valence-corrected chi connectivity index (χ4v) is 6.06. The molecule has 2 atom stereocenters. The molecule has 0 bridgehead atoms. The van der Waals surface area contributed by atoms with Gasteiger partial charge in [-0.15, -0.1) is 0 Å². The monoisotopic (exact) mass is 722 g/mol. The molecule has 0 saturated heterocycles. The fourth-order valence-electron chi connectivity index (χ4n) is 6.06. The number of esters is 2. The second-order valence-electron chi connectivity index (χ2n) is 15.3. The summed E-state index contributed by atoms with van der Waals surface area (Å²) in [5.41, 5.74) is 0. The number of aliphatic carboxylic acids is 1. The Kier molecular flexibility index (Phi) is 33.4. The van der Waals surface area contributed by atoms with E-state index in [2.05, 4.69) is 38.2 Å². The highest BCUT2D eigenvalue weighted by molar-refractivity contribution is 5.70. The Hall–Kier alpha value is -2.19. The zero-order valence-corrected chi connectivity index (χ0v) is 33.8. The summed E-state index contributed by atoms with van der Waals surface area (Å²) in [5.74, 6) is -1.75. The van der Waals surface area contributed by atoms with Crippen molar-refractivity contribution in [2.75, 3.05) is 41.0 Å². The number of allylic oxidation sites excluding steroid dienone is 4. The number of unbranched alkanes of at least 4 members (excludes halogenated alkanes) is 20. The molecule has 0 saturated carbocycles. The Balaban J connectivity index is 4.36. The van der Waals surface area contributed by atoms with Gasteiger partial charge in [0, 0.05) is 19.3 Å². The topological polar surface area (TPSA) is 102 Å². The number of rotatable bonds is 37. The number of ether oxygens (including phenoxy) is 3. The average Bonchev–Trinajstić information content (AvgIpc) is 3.08. The number of carbonyl (C=O) groups excluding carboxylic acids is 3. The Bertz CT molecular complexity index is 895. The quantitative estimate of drug-likeness (QED) is 0.0273. The number of hydrogen-bond donors (Lipinski definition) is 0. The molecule has 51 heavy (non-hydrogen) atoms. The number of carboxylic acid groups (broad SMARTS) is 1. The summed E-state index contributed by atoms with van der Waals surface area (Å²) in [6.07, 6.45) is 36.3. The van der Waals surface area contributed by atoms with Crippen LogP contribution in [0.1, 0.15) is 181 Å². The molecule has 0 spiro atoms. The zero-order valence-electron chi connectivity index (χ0n) is 33.8. The van der Waals surface area contributed by atoms with Gasteiger partial charge in [-0.1, -0.05) is 147 Å². The van der Waals surface area contributed by atoms with Crippen LogP contribution in [0.25, 0.3) is 0 Å². The molecule has 0 radical (unpaired) electrons. The molecule has 0 aliphatic heterocycles. The van der Waals surface area contributed by atoms with Crippen LogP contribution in [-0.4, -0.2) is 75.5 Å². The first-order valence-electron chi connectivity index (χ1n) is 20.9. The maximum absolute atomic E-state index is 12.7. The minimum atomic E-state index is -1.13. The predicted octanol–water partition coefficient (Wildman–Crippen LogP) is 9.58. The summed E-state index contributed by atoms with van der Waals surface area (Å²) in [4.78, 5) is 36.7. The highest BCUT2D eigenvalue weighted by Crippen LogP contribution is 2.13. The minimum absolute atomic E-state index is 0.0375. The number of quaternary nitrogens is 1. The summed E-state index contributed by atoms with van der Waals surface area (Å²) < 4.78 is 17.1. The van der Waals surface area contributed by atoms with Gasteiger partial charge in [0.25, 0.3) is 0 Å². The molecule has 298 valence electrons. The fraction of sp³-hybridized carbons (Fsp3) is 0.837. The Morgan fingerprint density at radius 1 is 0.588 bits per heavy atom. The van der Waals surface area contributed by atoms with Crippen LogP contribution < -0.4 is 5.11 Å². The SMILES string of the molecule is CCCCCCCCC/C=C/C=C/CCCCCCCC(=O)OC(COCCC(C(=O)[O-])[N+](C)(C)C)COC(=O)CCCCCCCCCCC. The third-order valence-electron chi connectivity index (χ3n) is 9.37. The van der Waals surface area contributed by atoms with Crippen molar-refractivity contribution in [2.45, 2.75) is 193 Å². The molecule has 0 rings (SSSR count). The van der Waals surface area contributed by atoms with Gasteiger partial charge in [0.05, 0.1) is 40.3 Å². The van der Waals surface area contributed by atoms with Gasteiger partial charge >= 0.3 is 11.9 Å². The van der Waals surface area contributed by atoms with Gasteiger partial charge in [0.2, 0.25) is 0 Å². The molecular weight excluding hydrogens is 642 g/mol. The lowest BCUT2D eigenvalue weighted by Gasteiger charge is -2.34. The van der Waals surface area contributed by atoms with E-state index in [1.54, 1.807) is 21.1 Å². The van der Waals surface area contributed by atoms with Crippen molar-refractivity contribution in [3.8, 4) is 0 Å². The maximum atomic E-state index is 12.7. The number of likely N-dealkylation sites (N-methyl/N-ethyl adjacent to an activating group) is 1. The second kappa shape index (κ2) is 34.9. The first kappa shape index (κ1) is 48.8. The third-order valence-corrected chi connectivity index (χ3v) is 9.37. The number of carboxylic acids is 1. The van der Waals surface area contributed by atoms with E-state index in [0.29, 0.717) is 12.8 Å². The van der Waals surface area contributed by atoms with Crippen molar-refractivity contribution in [2.24, 2.45) is 0 Å². The van der Waals surface area contributed by atoms with Gasteiger partial charge < -0.3 is 28.6 Å². The first-order valence-corrected chi connectivity index (χ1v) is 20.9. The molecule has 0 aliphatic carbocycles. The number of carbonyl (C=O) groups is 3. The lowest BCUT2D eigenvalue weighted by atomic mass is 10.1. The molecule has 0 heterocycles. The molecule has 0 aliphatic rings.